The van der Waals surface area contributed by atoms with Crippen molar-refractivity contribution in [3.05, 3.63) is 0 Å². The van der Waals surface area contributed by atoms with E-state index in [0.717, 1.165) is 6.42 Å². The maximum atomic E-state index is 8.29. The minimum Gasteiger partial charge on any atom is -0.457 e. The second-order valence-corrected chi connectivity index (χ2v) is 5.06. The van der Waals surface area contributed by atoms with Crippen molar-refractivity contribution in [2.75, 3.05) is 13.2 Å². The quantitative estimate of drug-likeness (QED) is 0.383. The smallest absolute Gasteiger partial charge is 0.353 e. The molecule has 110 valence electrons. The molecule has 4 heteroatoms. The summed E-state index contributed by atoms with van der Waals surface area (Å²) in [6.45, 7) is 2.82. The van der Waals surface area contributed by atoms with Gasteiger partial charge in [-0.3, -0.25) is 0 Å². The summed E-state index contributed by atoms with van der Waals surface area (Å²) >= 11 is 4.79. The number of hydrogen-bond donors (Lipinski definition) is 0. The van der Waals surface area contributed by atoms with Crippen LogP contribution < -0.4 is 0 Å². The average molecular weight is 285 g/mol. The Morgan fingerprint density at radius 3 is 1.95 bits per heavy atom. The highest BCUT2D eigenvalue weighted by Gasteiger charge is 1.97. The zero-order chi connectivity index (χ0) is 14.2. The summed E-state index contributed by atoms with van der Waals surface area (Å²) < 4.78 is 10.0. The molecule has 0 unspecified atom stereocenters. The molecule has 0 bridgehead atoms. The molecular weight excluding hydrogens is 258 g/mol. The number of unbranched alkanes of at least 4 members (excludes halogenated alkanes) is 9. The fraction of sp³-hybridized carbons (Fsp3) is 0.867. The summed E-state index contributed by atoms with van der Waals surface area (Å²) in [6.07, 6.45) is 13.0. The van der Waals surface area contributed by atoms with E-state index in [1.54, 1.807) is 0 Å². The Morgan fingerprint density at radius 2 is 1.42 bits per heavy atom. The standard InChI is InChI=1S/C15H27NO2S/c1-2-3-4-5-6-7-8-9-10-11-13-17-15(19)18-14-12-16/h2-11,13-14H2,1H3. The number of ether oxygens (including phenoxy) is 2. The Bertz CT molecular complexity index is 251. The van der Waals surface area contributed by atoms with Gasteiger partial charge in [-0.05, 0) is 6.42 Å². The van der Waals surface area contributed by atoms with Gasteiger partial charge in [0.15, 0.2) is 6.61 Å². The van der Waals surface area contributed by atoms with Crippen LogP contribution in [0.15, 0.2) is 0 Å². The minimum absolute atomic E-state index is 0.0309. The van der Waals surface area contributed by atoms with Crippen molar-refractivity contribution in [3.63, 3.8) is 0 Å². The number of hydrogen-bond acceptors (Lipinski definition) is 4. The second-order valence-electron chi connectivity index (χ2n) is 4.73. The molecule has 0 saturated heterocycles. The van der Waals surface area contributed by atoms with E-state index in [4.69, 9.17) is 27.0 Å². The Morgan fingerprint density at radius 1 is 0.895 bits per heavy atom. The third-order valence-corrected chi connectivity index (χ3v) is 3.21. The van der Waals surface area contributed by atoms with E-state index in [-0.39, 0.29) is 11.8 Å². The molecule has 0 aliphatic rings. The topological polar surface area (TPSA) is 42.2 Å². The van der Waals surface area contributed by atoms with Crippen LogP contribution in [0.5, 0.6) is 0 Å². The molecule has 19 heavy (non-hydrogen) atoms. The van der Waals surface area contributed by atoms with Gasteiger partial charge in [0.2, 0.25) is 0 Å². The molecule has 0 aliphatic carbocycles. The van der Waals surface area contributed by atoms with Crippen molar-refractivity contribution in [3.8, 4) is 6.07 Å². The first kappa shape index (κ1) is 18.2. The molecule has 0 rings (SSSR count). The first-order valence-corrected chi connectivity index (χ1v) is 7.88. The van der Waals surface area contributed by atoms with Gasteiger partial charge in [-0.1, -0.05) is 64.7 Å². The van der Waals surface area contributed by atoms with Crippen LogP contribution in [0, 0.1) is 11.3 Å². The van der Waals surface area contributed by atoms with Gasteiger partial charge in [-0.2, -0.15) is 5.26 Å². The normalized spacial score (nSPS) is 9.89. The third-order valence-electron chi connectivity index (χ3n) is 2.97. The highest BCUT2D eigenvalue weighted by molar-refractivity contribution is 7.79. The largest absolute Gasteiger partial charge is 0.457 e. The number of nitrogens with zero attached hydrogens (tertiary/aromatic N) is 1. The molecular formula is C15H27NO2S. The van der Waals surface area contributed by atoms with Crippen molar-refractivity contribution in [1.82, 2.24) is 0 Å². The van der Waals surface area contributed by atoms with Crippen LogP contribution in [0.2, 0.25) is 0 Å². The number of nitriles is 1. The first-order valence-electron chi connectivity index (χ1n) is 7.47. The van der Waals surface area contributed by atoms with Gasteiger partial charge in [0.25, 0.3) is 0 Å². The van der Waals surface area contributed by atoms with E-state index < -0.39 is 0 Å². The van der Waals surface area contributed by atoms with Crippen LogP contribution in [0.3, 0.4) is 0 Å². The van der Waals surface area contributed by atoms with Crippen LogP contribution in [0.1, 0.15) is 71.1 Å². The SMILES string of the molecule is CCCCCCCCCCCCOC(=S)OCC#N. The molecule has 0 aromatic heterocycles. The number of thiocarbonyl (C=S) groups is 1. The summed E-state index contributed by atoms with van der Waals surface area (Å²) in [4.78, 5) is 0. The Hall–Kier alpha value is -0.820. The average Bonchev–Trinajstić information content (AvgIpc) is 2.42. The van der Waals surface area contributed by atoms with Crippen molar-refractivity contribution in [2.24, 2.45) is 0 Å². The summed E-state index contributed by atoms with van der Waals surface area (Å²) in [6, 6.07) is 1.85. The van der Waals surface area contributed by atoms with Gasteiger partial charge in [0, 0.05) is 12.2 Å². The highest BCUT2D eigenvalue weighted by Crippen LogP contribution is 2.10. The molecule has 0 amide bonds. The van der Waals surface area contributed by atoms with Gasteiger partial charge < -0.3 is 9.47 Å². The molecule has 0 fully saturated rings. The molecule has 0 N–H and O–H groups in total. The monoisotopic (exact) mass is 285 g/mol. The fourth-order valence-corrected chi connectivity index (χ4v) is 2.02. The number of rotatable bonds is 12. The molecule has 0 radical (unpaired) electrons. The van der Waals surface area contributed by atoms with Crippen LogP contribution in [-0.2, 0) is 9.47 Å². The Kier molecular flexibility index (Phi) is 14.6. The molecule has 0 aromatic rings. The molecule has 0 aromatic carbocycles. The second kappa shape index (κ2) is 15.2. The van der Waals surface area contributed by atoms with E-state index in [9.17, 15) is 0 Å². The maximum Gasteiger partial charge on any atom is 0.353 e. The van der Waals surface area contributed by atoms with Crippen molar-refractivity contribution in [1.29, 1.82) is 5.26 Å². The minimum atomic E-state index is -0.0309. The molecule has 0 atom stereocenters. The van der Waals surface area contributed by atoms with Crippen molar-refractivity contribution >= 4 is 17.5 Å². The fourth-order valence-electron chi connectivity index (χ4n) is 1.88. The first-order chi connectivity index (χ1) is 9.31. The van der Waals surface area contributed by atoms with Crippen LogP contribution in [-0.4, -0.2) is 18.5 Å². The third kappa shape index (κ3) is 15.1. The van der Waals surface area contributed by atoms with Crippen LogP contribution in [0.4, 0.5) is 0 Å². The predicted molar refractivity (Wildman–Crippen MR) is 82.0 cm³/mol. The molecule has 0 spiro atoms. The van der Waals surface area contributed by atoms with E-state index in [1.165, 1.54) is 57.8 Å². The van der Waals surface area contributed by atoms with E-state index in [0.29, 0.717) is 6.61 Å². The Balaban J connectivity index is 3.07. The Labute approximate surface area is 123 Å². The zero-order valence-electron chi connectivity index (χ0n) is 12.2. The lowest BCUT2D eigenvalue weighted by Gasteiger charge is -2.06. The van der Waals surface area contributed by atoms with Gasteiger partial charge in [0.1, 0.15) is 6.07 Å². The van der Waals surface area contributed by atoms with Crippen molar-refractivity contribution in [2.45, 2.75) is 71.1 Å². The lowest BCUT2D eigenvalue weighted by Crippen LogP contribution is -2.08. The summed E-state index contributed by atoms with van der Waals surface area (Å²) in [5, 5.41) is 8.38. The van der Waals surface area contributed by atoms with Crippen LogP contribution >= 0.6 is 12.2 Å². The molecule has 0 aliphatic heterocycles. The molecule has 3 nitrogen and oxygen atoms in total. The van der Waals surface area contributed by atoms with Gasteiger partial charge in [0.05, 0.1) is 6.61 Å². The van der Waals surface area contributed by atoms with Gasteiger partial charge in [-0.25, -0.2) is 0 Å². The molecule has 0 saturated carbocycles. The molecule has 0 heterocycles. The van der Waals surface area contributed by atoms with Crippen molar-refractivity contribution < 1.29 is 9.47 Å². The highest BCUT2D eigenvalue weighted by atomic mass is 32.1. The summed E-state index contributed by atoms with van der Waals surface area (Å²) in [7, 11) is 0. The van der Waals surface area contributed by atoms with E-state index in [2.05, 4.69) is 6.92 Å². The summed E-state index contributed by atoms with van der Waals surface area (Å²) in [5.41, 5.74) is 0. The van der Waals surface area contributed by atoms with Crippen LogP contribution in [0.25, 0.3) is 0 Å². The predicted octanol–water partition coefficient (Wildman–Crippen LogP) is 4.75. The maximum absolute atomic E-state index is 8.29. The van der Waals surface area contributed by atoms with E-state index in [1.807, 2.05) is 6.07 Å². The lowest BCUT2D eigenvalue weighted by atomic mass is 10.1. The van der Waals surface area contributed by atoms with Gasteiger partial charge >= 0.3 is 5.24 Å². The zero-order valence-corrected chi connectivity index (χ0v) is 13.0. The van der Waals surface area contributed by atoms with Gasteiger partial charge in [-0.15, -0.1) is 0 Å². The lowest BCUT2D eigenvalue weighted by molar-refractivity contribution is 0.191. The van der Waals surface area contributed by atoms with E-state index >= 15 is 0 Å². The summed E-state index contributed by atoms with van der Waals surface area (Å²) in [5.74, 6) is 0.